The fourth-order valence-electron chi connectivity index (χ4n) is 2.45. The molecular formula is C16H24ClN3O2. The van der Waals surface area contributed by atoms with Crippen molar-refractivity contribution in [1.82, 2.24) is 9.80 Å². The van der Waals surface area contributed by atoms with Crippen LogP contribution in [0.1, 0.15) is 31.1 Å². The average molecular weight is 326 g/mol. The number of anilines is 1. The summed E-state index contributed by atoms with van der Waals surface area (Å²) in [7, 11) is 0. The zero-order valence-electron chi connectivity index (χ0n) is 13.3. The van der Waals surface area contributed by atoms with E-state index in [1.165, 1.54) is 0 Å². The van der Waals surface area contributed by atoms with Crippen LogP contribution in [0.3, 0.4) is 0 Å². The summed E-state index contributed by atoms with van der Waals surface area (Å²) < 4.78 is 0. The van der Waals surface area contributed by atoms with Gasteiger partial charge in [0.15, 0.2) is 0 Å². The Labute approximate surface area is 137 Å². The highest BCUT2D eigenvalue weighted by Crippen LogP contribution is 2.20. The standard InChI is InChI=1S/C16H23N3O2.ClH/c1-16(2,3)15(21)19-10-8-18(9-11-19)14(20)12-6-4-5-7-13(12)17;/h4-7H,8-11,17H2,1-3H3;1H. The molecule has 1 aromatic carbocycles. The van der Waals surface area contributed by atoms with Crippen molar-refractivity contribution in [3.63, 3.8) is 0 Å². The van der Waals surface area contributed by atoms with E-state index >= 15 is 0 Å². The van der Waals surface area contributed by atoms with E-state index in [1.807, 2.05) is 37.8 Å². The third-order valence-electron chi connectivity index (χ3n) is 3.69. The van der Waals surface area contributed by atoms with Gasteiger partial charge in [0, 0.05) is 37.3 Å². The van der Waals surface area contributed by atoms with Crippen molar-refractivity contribution in [2.24, 2.45) is 5.41 Å². The predicted octanol–water partition coefficient (Wildman–Crippen LogP) is 2.02. The second kappa shape index (κ2) is 7.01. The molecule has 0 aromatic heterocycles. The largest absolute Gasteiger partial charge is 0.398 e. The van der Waals surface area contributed by atoms with E-state index in [2.05, 4.69) is 0 Å². The average Bonchev–Trinajstić information content (AvgIpc) is 2.45. The highest BCUT2D eigenvalue weighted by atomic mass is 35.5. The van der Waals surface area contributed by atoms with Crippen LogP contribution in [0.25, 0.3) is 0 Å². The lowest BCUT2D eigenvalue weighted by atomic mass is 9.94. The molecule has 5 nitrogen and oxygen atoms in total. The molecule has 0 bridgehead atoms. The van der Waals surface area contributed by atoms with Crippen molar-refractivity contribution in [2.75, 3.05) is 31.9 Å². The van der Waals surface area contributed by atoms with Gasteiger partial charge in [-0.1, -0.05) is 32.9 Å². The highest BCUT2D eigenvalue weighted by molar-refractivity contribution is 5.99. The molecule has 0 radical (unpaired) electrons. The topological polar surface area (TPSA) is 66.6 Å². The molecule has 1 aliphatic heterocycles. The number of carbonyl (C=O) groups excluding carboxylic acids is 2. The summed E-state index contributed by atoms with van der Waals surface area (Å²) in [6.07, 6.45) is 0. The number of benzene rings is 1. The lowest BCUT2D eigenvalue weighted by Crippen LogP contribution is -2.53. The Morgan fingerprint density at radius 3 is 2.00 bits per heavy atom. The van der Waals surface area contributed by atoms with E-state index in [1.54, 1.807) is 17.0 Å². The third-order valence-corrected chi connectivity index (χ3v) is 3.69. The van der Waals surface area contributed by atoms with Crippen LogP contribution >= 0.6 is 12.4 Å². The van der Waals surface area contributed by atoms with Gasteiger partial charge in [0.2, 0.25) is 5.91 Å². The Hall–Kier alpha value is -1.75. The van der Waals surface area contributed by atoms with Crippen LogP contribution in [0.2, 0.25) is 0 Å². The number of halogens is 1. The van der Waals surface area contributed by atoms with Gasteiger partial charge in [-0.25, -0.2) is 0 Å². The summed E-state index contributed by atoms with van der Waals surface area (Å²) in [6.45, 7) is 8.00. The van der Waals surface area contributed by atoms with Gasteiger partial charge in [0.05, 0.1) is 5.56 Å². The molecule has 0 saturated carbocycles. The molecule has 1 heterocycles. The summed E-state index contributed by atoms with van der Waals surface area (Å²) in [6, 6.07) is 7.09. The van der Waals surface area contributed by atoms with Gasteiger partial charge < -0.3 is 15.5 Å². The fraction of sp³-hybridized carbons (Fsp3) is 0.500. The number of nitrogen functional groups attached to an aromatic ring is 1. The first kappa shape index (κ1) is 18.3. The number of nitrogens with zero attached hydrogens (tertiary/aromatic N) is 2. The van der Waals surface area contributed by atoms with Gasteiger partial charge in [-0.3, -0.25) is 9.59 Å². The molecule has 1 aromatic rings. The number of piperazine rings is 1. The number of hydrogen-bond donors (Lipinski definition) is 1. The molecule has 0 unspecified atom stereocenters. The normalized spacial score (nSPS) is 15.2. The highest BCUT2D eigenvalue weighted by Gasteiger charge is 2.31. The van der Waals surface area contributed by atoms with Crippen molar-refractivity contribution in [2.45, 2.75) is 20.8 Å². The van der Waals surface area contributed by atoms with E-state index in [0.717, 1.165) is 0 Å². The fourth-order valence-corrected chi connectivity index (χ4v) is 2.45. The Morgan fingerprint density at radius 2 is 1.50 bits per heavy atom. The first-order valence-electron chi connectivity index (χ1n) is 7.24. The predicted molar refractivity (Wildman–Crippen MR) is 90.0 cm³/mol. The molecule has 0 spiro atoms. The van der Waals surface area contributed by atoms with Crippen molar-refractivity contribution in [3.8, 4) is 0 Å². The van der Waals surface area contributed by atoms with E-state index in [0.29, 0.717) is 37.4 Å². The molecule has 122 valence electrons. The zero-order chi connectivity index (χ0) is 15.6. The smallest absolute Gasteiger partial charge is 0.256 e. The molecule has 0 atom stereocenters. The molecule has 1 saturated heterocycles. The minimum atomic E-state index is -0.379. The van der Waals surface area contributed by atoms with Crippen molar-refractivity contribution < 1.29 is 9.59 Å². The van der Waals surface area contributed by atoms with Gasteiger partial charge in [-0.05, 0) is 12.1 Å². The number of hydrogen-bond acceptors (Lipinski definition) is 3. The van der Waals surface area contributed by atoms with Gasteiger partial charge in [-0.2, -0.15) is 0 Å². The summed E-state index contributed by atoms with van der Waals surface area (Å²) >= 11 is 0. The second-order valence-corrected chi connectivity index (χ2v) is 6.42. The van der Waals surface area contributed by atoms with E-state index in [4.69, 9.17) is 5.73 Å². The minimum Gasteiger partial charge on any atom is -0.398 e. The van der Waals surface area contributed by atoms with Crippen LogP contribution < -0.4 is 5.73 Å². The monoisotopic (exact) mass is 325 g/mol. The maximum absolute atomic E-state index is 12.4. The summed E-state index contributed by atoms with van der Waals surface area (Å²) in [5, 5.41) is 0. The van der Waals surface area contributed by atoms with Crippen LogP contribution in [0.15, 0.2) is 24.3 Å². The van der Waals surface area contributed by atoms with Gasteiger partial charge in [-0.15, -0.1) is 12.4 Å². The van der Waals surface area contributed by atoms with E-state index in [-0.39, 0.29) is 29.6 Å². The number of nitrogens with two attached hydrogens (primary N) is 1. The van der Waals surface area contributed by atoms with E-state index < -0.39 is 0 Å². The lowest BCUT2D eigenvalue weighted by Gasteiger charge is -2.37. The second-order valence-electron chi connectivity index (χ2n) is 6.42. The Kier molecular flexibility index (Phi) is 5.83. The number of amides is 2. The van der Waals surface area contributed by atoms with Crippen LogP contribution in [-0.2, 0) is 4.79 Å². The summed E-state index contributed by atoms with van der Waals surface area (Å²) in [4.78, 5) is 28.3. The first-order chi connectivity index (χ1) is 9.80. The van der Waals surface area contributed by atoms with Gasteiger partial charge in [0.1, 0.15) is 0 Å². The maximum atomic E-state index is 12.4. The Morgan fingerprint density at radius 1 is 1.00 bits per heavy atom. The zero-order valence-corrected chi connectivity index (χ0v) is 14.2. The van der Waals surface area contributed by atoms with Crippen LogP contribution in [0.5, 0.6) is 0 Å². The molecule has 2 amide bonds. The van der Waals surface area contributed by atoms with Crippen LogP contribution in [0.4, 0.5) is 5.69 Å². The van der Waals surface area contributed by atoms with Gasteiger partial charge in [0.25, 0.3) is 5.91 Å². The van der Waals surface area contributed by atoms with Crippen molar-refractivity contribution in [3.05, 3.63) is 29.8 Å². The third kappa shape index (κ3) is 3.91. The van der Waals surface area contributed by atoms with E-state index in [9.17, 15) is 9.59 Å². The Bertz CT molecular complexity index is 547. The first-order valence-corrected chi connectivity index (χ1v) is 7.24. The quantitative estimate of drug-likeness (QED) is 0.803. The SMILES string of the molecule is CC(C)(C)C(=O)N1CCN(C(=O)c2ccccc2N)CC1.Cl. The lowest BCUT2D eigenvalue weighted by molar-refractivity contribution is -0.140. The molecule has 1 fully saturated rings. The van der Waals surface area contributed by atoms with Crippen LogP contribution in [0, 0.1) is 5.41 Å². The van der Waals surface area contributed by atoms with Crippen molar-refractivity contribution >= 4 is 29.9 Å². The molecule has 2 N–H and O–H groups in total. The minimum absolute atomic E-state index is 0. The van der Waals surface area contributed by atoms with Crippen LogP contribution in [-0.4, -0.2) is 47.8 Å². The number of para-hydroxylation sites is 1. The van der Waals surface area contributed by atoms with Crippen molar-refractivity contribution in [1.29, 1.82) is 0 Å². The summed E-state index contributed by atoms with van der Waals surface area (Å²) in [5.74, 6) is 0.0739. The molecule has 2 rings (SSSR count). The molecule has 6 heteroatoms. The molecular weight excluding hydrogens is 302 g/mol. The molecule has 0 aliphatic carbocycles. The number of rotatable bonds is 1. The maximum Gasteiger partial charge on any atom is 0.256 e. The molecule has 1 aliphatic rings. The molecule has 22 heavy (non-hydrogen) atoms. The summed E-state index contributed by atoms with van der Waals surface area (Å²) in [5.41, 5.74) is 6.50. The number of carbonyl (C=O) groups is 2. The Balaban J connectivity index is 0.00000242. The van der Waals surface area contributed by atoms with Gasteiger partial charge >= 0.3 is 0 Å².